The molecule has 202 valence electrons. The molecule has 2 aromatic carbocycles. The highest BCUT2D eigenvalue weighted by molar-refractivity contribution is 6.27. The first-order valence-electron chi connectivity index (χ1n) is 14.4. The van der Waals surface area contributed by atoms with Gasteiger partial charge in [0.2, 0.25) is 11.4 Å². The molecule has 2 saturated heterocycles. The summed E-state index contributed by atoms with van der Waals surface area (Å²) in [5, 5.41) is 0. The third-order valence-electron chi connectivity index (χ3n) is 9.15. The zero-order valence-electron chi connectivity index (χ0n) is 22.4. The second kappa shape index (κ2) is 9.52. The molecule has 4 bridgehead atoms. The van der Waals surface area contributed by atoms with E-state index < -0.39 is 0 Å². The van der Waals surface area contributed by atoms with E-state index in [0.29, 0.717) is 63.3 Å². The summed E-state index contributed by atoms with van der Waals surface area (Å²) in [6, 6.07) is 6.27. The predicted molar refractivity (Wildman–Crippen MR) is 146 cm³/mol. The number of rotatable bonds is 3. The Morgan fingerprint density at radius 2 is 1.42 bits per heavy atom. The molecule has 2 aromatic rings. The van der Waals surface area contributed by atoms with E-state index in [1.807, 2.05) is 6.07 Å². The lowest BCUT2D eigenvalue weighted by Gasteiger charge is -2.43. The normalized spacial score (nSPS) is 22.8. The number of fused-ring (bicyclic) bond motifs is 4. The molecule has 38 heavy (non-hydrogen) atoms. The largest absolute Gasteiger partial charge is 0.488 e. The van der Waals surface area contributed by atoms with Crippen molar-refractivity contribution in [3.05, 3.63) is 29.3 Å². The van der Waals surface area contributed by atoms with E-state index in [1.165, 1.54) is 5.69 Å². The van der Waals surface area contributed by atoms with Gasteiger partial charge in [-0.15, -0.1) is 0 Å². The van der Waals surface area contributed by atoms with Crippen molar-refractivity contribution in [3.8, 4) is 28.4 Å². The first-order valence-corrected chi connectivity index (χ1v) is 14.4. The molecule has 2 spiro atoms. The van der Waals surface area contributed by atoms with Crippen molar-refractivity contribution in [2.24, 2.45) is 0 Å². The van der Waals surface area contributed by atoms with Crippen molar-refractivity contribution >= 4 is 17.2 Å². The first kappa shape index (κ1) is 24.4. The van der Waals surface area contributed by atoms with Gasteiger partial charge in [0.05, 0.1) is 76.0 Å². The topological polar surface area (TPSA) is 63.2 Å². The van der Waals surface area contributed by atoms with Crippen LogP contribution in [0, 0.1) is 0 Å². The van der Waals surface area contributed by atoms with Crippen LogP contribution in [0.25, 0.3) is 11.1 Å². The maximum absolute atomic E-state index is 14.3. The van der Waals surface area contributed by atoms with Crippen molar-refractivity contribution < 1.29 is 28.5 Å². The number of ether oxygens (including phenoxy) is 5. The Bertz CT molecular complexity index is 1260. The Balaban J connectivity index is 1.58. The van der Waals surface area contributed by atoms with Crippen molar-refractivity contribution in [3.63, 3.8) is 0 Å². The molecule has 0 N–H and O–H groups in total. The van der Waals surface area contributed by atoms with Crippen molar-refractivity contribution in [2.75, 3.05) is 85.5 Å². The molecular weight excluding hydrogens is 484 g/mol. The van der Waals surface area contributed by atoms with Crippen LogP contribution in [0.2, 0.25) is 0 Å². The minimum absolute atomic E-state index is 0.0192. The van der Waals surface area contributed by atoms with E-state index in [2.05, 4.69) is 19.1 Å². The van der Waals surface area contributed by atoms with Crippen molar-refractivity contribution in [1.82, 2.24) is 8.97 Å². The standard InChI is InChI=1S/C30H38N2O6/c1-2-14-36-28-24-23-21-6-3-7-22(23)31(10-17-34-18-11-31)8-4-15-37-29(25(24)27(21)33)30-26(28)32(9-5-16-38-30)12-19-35-20-13-32/h3,6-7H,2,4-5,8-20H2,1H3/q+2. The molecule has 0 aromatic heterocycles. The highest BCUT2D eigenvalue weighted by Gasteiger charge is 2.50. The first-order chi connectivity index (χ1) is 18.7. The van der Waals surface area contributed by atoms with Crippen LogP contribution in [0.3, 0.4) is 0 Å². The summed E-state index contributed by atoms with van der Waals surface area (Å²) in [4.78, 5) is 14.3. The summed E-state index contributed by atoms with van der Waals surface area (Å²) < 4.78 is 33.1. The van der Waals surface area contributed by atoms with Gasteiger partial charge in [-0.2, -0.15) is 0 Å². The summed E-state index contributed by atoms with van der Waals surface area (Å²) >= 11 is 0. The Kier molecular flexibility index (Phi) is 6.11. The van der Waals surface area contributed by atoms with Crippen molar-refractivity contribution in [2.45, 2.75) is 26.2 Å². The highest BCUT2D eigenvalue weighted by Crippen LogP contribution is 2.61. The van der Waals surface area contributed by atoms with Crippen LogP contribution in [0.1, 0.15) is 42.1 Å². The zero-order chi connectivity index (χ0) is 25.7. The van der Waals surface area contributed by atoms with Crippen LogP contribution in [-0.2, 0) is 9.47 Å². The minimum Gasteiger partial charge on any atom is -0.488 e. The monoisotopic (exact) mass is 522 g/mol. The Hall–Kier alpha value is -2.65. The lowest BCUT2D eigenvalue weighted by atomic mass is 9.96. The van der Waals surface area contributed by atoms with Gasteiger partial charge in [-0.3, -0.25) is 13.8 Å². The summed E-state index contributed by atoms with van der Waals surface area (Å²) in [6.45, 7) is 12.1. The number of hydrogen-bond acceptors (Lipinski definition) is 6. The second-order valence-corrected chi connectivity index (χ2v) is 11.2. The third kappa shape index (κ3) is 3.54. The van der Waals surface area contributed by atoms with E-state index in [4.69, 9.17) is 23.7 Å². The summed E-state index contributed by atoms with van der Waals surface area (Å²) in [5.74, 6) is 2.17. The third-order valence-corrected chi connectivity index (χ3v) is 9.15. The Morgan fingerprint density at radius 3 is 2.13 bits per heavy atom. The molecule has 0 atom stereocenters. The molecule has 7 rings (SSSR count). The molecule has 4 aliphatic heterocycles. The van der Waals surface area contributed by atoms with Gasteiger partial charge in [-0.25, -0.2) is 0 Å². The Labute approximate surface area is 224 Å². The quantitative estimate of drug-likeness (QED) is 0.486. The average Bonchev–Trinajstić information content (AvgIpc) is 3.13. The minimum atomic E-state index is 0.0192. The lowest BCUT2D eigenvalue weighted by Crippen LogP contribution is -2.57. The number of hydrogen-bond donors (Lipinski definition) is 0. The molecule has 0 radical (unpaired) electrons. The SMILES string of the molecule is CCCOc1c2c3c(c4c1[N+]1(CCCO4)CCOCC1)OCCC[N+]1(CCOCC1)c1cccc(c1-2)C3=O. The number of ketones is 1. The fourth-order valence-corrected chi connectivity index (χ4v) is 7.31. The molecule has 8 nitrogen and oxygen atoms in total. The predicted octanol–water partition coefficient (Wildman–Crippen LogP) is 3.93. The fraction of sp³-hybridized carbons (Fsp3) is 0.567. The van der Waals surface area contributed by atoms with E-state index in [1.54, 1.807) is 0 Å². The van der Waals surface area contributed by atoms with Crippen LogP contribution in [0.5, 0.6) is 17.2 Å². The van der Waals surface area contributed by atoms with Crippen LogP contribution in [0.15, 0.2) is 18.2 Å². The van der Waals surface area contributed by atoms with Gasteiger partial charge >= 0.3 is 0 Å². The number of morpholine rings is 2. The molecular formula is C30H38N2O6+2. The summed E-state index contributed by atoms with van der Waals surface area (Å²) in [6.07, 6.45) is 2.71. The van der Waals surface area contributed by atoms with E-state index in [9.17, 15) is 4.79 Å². The van der Waals surface area contributed by atoms with Gasteiger partial charge in [0, 0.05) is 18.4 Å². The number of carbonyl (C=O) groups excluding carboxylic acids is 1. The number of quaternary nitrogens is 2. The number of nitrogens with zero attached hydrogens (tertiary/aromatic N) is 2. The van der Waals surface area contributed by atoms with Gasteiger partial charge in [-0.05, 0) is 18.6 Å². The van der Waals surface area contributed by atoms with Gasteiger partial charge in [-0.1, -0.05) is 13.0 Å². The smallest absolute Gasteiger partial charge is 0.227 e. The van der Waals surface area contributed by atoms with Crippen LogP contribution in [0.4, 0.5) is 11.4 Å². The fourth-order valence-electron chi connectivity index (χ4n) is 7.31. The Morgan fingerprint density at radius 1 is 0.763 bits per heavy atom. The zero-order valence-corrected chi connectivity index (χ0v) is 22.4. The van der Waals surface area contributed by atoms with Gasteiger partial charge in [0.15, 0.2) is 17.3 Å². The maximum atomic E-state index is 14.3. The molecule has 1 aliphatic carbocycles. The van der Waals surface area contributed by atoms with E-state index >= 15 is 0 Å². The van der Waals surface area contributed by atoms with Crippen LogP contribution >= 0.6 is 0 Å². The van der Waals surface area contributed by atoms with Gasteiger partial charge < -0.3 is 23.7 Å². The molecule has 4 heterocycles. The summed E-state index contributed by atoms with van der Waals surface area (Å²) in [7, 11) is 0. The molecule has 2 fully saturated rings. The van der Waals surface area contributed by atoms with E-state index in [0.717, 1.165) is 95.6 Å². The van der Waals surface area contributed by atoms with Gasteiger partial charge in [0.25, 0.3) is 0 Å². The molecule has 0 saturated carbocycles. The maximum Gasteiger partial charge on any atom is 0.227 e. The molecule has 0 unspecified atom stereocenters. The van der Waals surface area contributed by atoms with Gasteiger partial charge in [0.1, 0.15) is 31.9 Å². The molecule has 0 amide bonds. The van der Waals surface area contributed by atoms with Crippen LogP contribution in [-0.4, -0.2) is 91.3 Å². The molecule has 5 aliphatic rings. The number of carbonyl (C=O) groups is 1. The number of benzene rings is 2. The summed E-state index contributed by atoms with van der Waals surface area (Å²) in [5.41, 5.74) is 5.60. The van der Waals surface area contributed by atoms with Crippen molar-refractivity contribution in [1.29, 1.82) is 0 Å². The second-order valence-electron chi connectivity index (χ2n) is 11.2. The highest BCUT2D eigenvalue weighted by atomic mass is 16.5. The average molecular weight is 523 g/mol. The van der Waals surface area contributed by atoms with E-state index in [-0.39, 0.29) is 5.78 Å². The lowest BCUT2D eigenvalue weighted by molar-refractivity contribution is 0.0385. The van der Waals surface area contributed by atoms with Crippen LogP contribution < -0.4 is 23.2 Å². The molecule has 8 heteroatoms.